The van der Waals surface area contributed by atoms with E-state index < -0.39 is 0 Å². The average molecular weight is 370 g/mol. The molecule has 1 heterocycles. The highest BCUT2D eigenvalue weighted by molar-refractivity contribution is 6.30. The summed E-state index contributed by atoms with van der Waals surface area (Å²) in [4.78, 5) is 17.0. The maximum Gasteiger partial charge on any atom is 0.220 e. The van der Waals surface area contributed by atoms with E-state index in [1.165, 1.54) is 0 Å². The van der Waals surface area contributed by atoms with Gasteiger partial charge in [0.05, 0.1) is 17.1 Å². The molecule has 0 aliphatic rings. The fraction of sp³-hybridized carbons (Fsp3) is 0.333. The topological polar surface area (TPSA) is 46.9 Å². The zero-order chi connectivity index (χ0) is 18.5. The van der Waals surface area contributed by atoms with Crippen LogP contribution in [0.1, 0.15) is 50.5 Å². The molecule has 1 atom stereocenters. The van der Waals surface area contributed by atoms with Crippen LogP contribution in [0.15, 0.2) is 48.5 Å². The molecule has 0 bridgehead atoms. The van der Waals surface area contributed by atoms with Crippen molar-refractivity contribution in [1.82, 2.24) is 14.9 Å². The first kappa shape index (κ1) is 18.5. The average Bonchev–Trinajstić information content (AvgIpc) is 3.00. The molecular formula is C21H24ClN3O. The smallest absolute Gasteiger partial charge is 0.220 e. The summed E-state index contributed by atoms with van der Waals surface area (Å²) in [6, 6.07) is 15.8. The highest BCUT2D eigenvalue weighted by Gasteiger charge is 2.20. The van der Waals surface area contributed by atoms with Gasteiger partial charge < -0.3 is 9.88 Å². The molecule has 136 valence electrons. The predicted molar refractivity (Wildman–Crippen MR) is 106 cm³/mol. The fourth-order valence-electron chi connectivity index (χ4n) is 3.14. The molecule has 0 saturated heterocycles. The summed E-state index contributed by atoms with van der Waals surface area (Å²) in [6.45, 7) is 4.77. The number of carbonyl (C=O) groups is 1. The summed E-state index contributed by atoms with van der Waals surface area (Å²) < 4.78 is 2.19. The lowest BCUT2D eigenvalue weighted by Crippen LogP contribution is -2.30. The van der Waals surface area contributed by atoms with Gasteiger partial charge >= 0.3 is 0 Å². The number of fused-ring (bicyclic) bond motifs is 1. The number of hydrogen-bond donors (Lipinski definition) is 1. The van der Waals surface area contributed by atoms with E-state index in [4.69, 9.17) is 16.6 Å². The van der Waals surface area contributed by atoms with Crippen molar-refractivity contribution < 1.29 is 4.79 Å². The Balaban J connectivity index is 2.00. The van der Waals surface area contributed by atoms with Crippen LogP contribution in [0.3, 0.4) is 0 Å². The third kappa shape index (κ3) is 4.07. The number of hydrogen-bond acceptors (Lipinski definition) is 2. The minimum Gasteiger partial charge on any atom is -0.346 e. The second-order valence-electron chi connectivity index (χ2n) is 6.45. The number of halogens is 1. The van der Waals surface area contributed by atoms with Crippen molar-refractivity contribution in [2.24, 2.45) is 0 Å². The molecule has 1 N–H and O–H groups in total. The molecule has 0 aliphatic heterocycles. The van der Waals surface area contributed by atoms with Gasteiger partial charge in [0.25, 0.3) is 0 Å². The number of aromatic nitrogens is 2. The lowest BCUT2D eigenvalue weighted by molar-refractivity contribution is -0.122. The molecule has 1 aromatic heterocycles. The largest absolute Gasteiger partial charge is 0.346 e. The van der Waals surface area contributed by atoms with Crippen molar-refractivity contribution in [1.29, 1.82) is 0 Å². The third-order valence-corrected chi connectivity index (χ3v) is 4.72. The normalized spacial score (nSPS) is 12.3. The van der Waals surface area contributed by atoms with E-state index in [-0.39, 0.29) is 11.9 Å². The van der Waals surface area contributed by atoms with Crippen LogP contribution in [0.25, 0.3) is 11.0 Å². The third-order valence-electron chi connectivity index (χ3n) is 4.47. The van der Waals surface area contributed by atoms with Crippen LogP contribution in [-0.2, 0) is 11.3 Å². The SMILES string of the molecule is CCCC(=O)NC(CC)c1nc2ccccc2n1Cc1ccc(Cl)cc1. The van der Waals surface area contributed by atoms with E-state index in [9.17, 15) is 4.79 Å². The molecular weight excluding hydrogens is 346 g/mol. The second kappa shape index (κ2) is 8.37. The van der Waals surface area contributed by atoms with Gasteiger partial charge in [0.15, 0.2) is 0 Å². The summed E-state index contributed by atoms with van der Waals surface area (Å²) >= 11 is 6.01. The molecule has 0 radical (unpaired) electrons. The molecule has 26 heavy (non-hydrogen) atoms. The van der Waals surface area contributed by atoms with Gasteiger partial charge in [-0.15, -0.1) is 0 Å². The van der Waals surface area contributed by atoms with E-state index in [0.29, 0.717) is 13.0 Å². The molecule has 1 unspecified atom stereocenters. The number of para-hydroxylation sites is 2. The zero-order valence-electron chi connectivity index (χ0n) is 15.2. The van der Waals surface area contributed by atoms with Crippen LogP contribution in [0.5, 0.6) is 0 Å². The Hall–Kier alpha value is -2.33. The quantitative estimate of drug-likeness (QED) is 0.629. The number of nitrogens with one attached hydrogen (secondary N) is 1. The van der Waals surface area contributed by atoms with E-state index in [1.807, 2.05) is 49.4 Å². The van der Waals surface area contributed by atoms with Crippen LogP contribution in [0.2, 0.25) is 5.02 Å². The summed E-state index contributed by atoms with van der Waals surface area (Å²) in [6.07, 6.45) is 2.16. The Labute approximate surface area is 159 Å². The summed E-state index contributed by atoms with van der Waals surface area (Å²) in [5.74, 6) is 0.970. The minimum atomic E-state index is -0.103. The van der Waals surface area contributed by atoms with Crippen LogP contribution in [0, 0.1) is 0 Å². The van der Waals surface area contributed by atoms with Gasteiger partial charge in [0.1, 0.15) is 5.82 Å². The molecule has 2 aromatic carbocycles. The number of amides is 1. The number of rotatable bonds is 7. The van der Waals surface area contributed by atoms with Gasteiger partial charge in [-0.1, -0.05) is 49.7 Å². The van der Waals surface area contributed by atoms with E-state index >= 15 is 0 Å². The van der Waals surface area contributed by atoms with Gasteiger partial charge in [-0.25, -0.2) is 4.98 Å². The Morgan fingerprint density at radius 2 is 1.88 bits per heavy atom. The maximum atomic E-state index is 12.1. The number of benzene rings is 2. The lowest BCUT2D eigenvalue weighted by atomic mass is 10.1. The zero-order valence-corrected chi connectivity index (χ0v) is 16.0. The summed E-state index contributed by atoms with van der Waals surface area (Å²) in [5, 5.41) is 3.86. The first-order valence-corrected chi connectivity index (χ1v) is 9.49. The van der Waals surface area contributed by atoms with Crippen LogP contribution in [0.4, 0.5) is 0 Å². The Kier molecular flexibility index (Phi) is 5.94. The van der Waals surface area contributed by atoms with Crippen molar-refractivity contribution in [2.75, 3.05) is 0 Å². The first-order chi connectivity index (χ1) is 12.6. The van der Waals surface area contributed by atoms with E-state index in [0.717, 1.165) is 40.3 Å². The molecule has 0 fully saturated rings. The molecule has 4 nitrogen and oxygen atoms in total. The molecule has 3 aromatic rings. The first-order valence-electron chi connectivity index (χ1n) is 9.11. The van der Waals surface area contributed by atoms with E-state index in [1.54, 1.807) is 0 Å². The predicted octanol–water partition coefficient (Wildman–Crippen LogP) is 5.11. The number of carbonyl (C=O) groups excluding carboxylic acids is 1. The highest BCUT2D eigenvalue weighted by Crippen LogP contribution is 2.24. The molecule has 0 saturated carbocycles. The van der Waals surface area contributed by atoms with Gasteiger partial charge in [-0.05, 0) is 42.7 Å². The van der Waals surface area contributed by atoms with Crippen molar-refractivity contribution in [2.45, 2.75) is 45.7 Å². The van der Waals surface area contributed by atoms with Crippen LogP contribution >= 0.6 is 11.6 Å². The van der Waals surface area contributed by atoms with Crippen LogP contribution < -0.4 is 5.32 Å². The van der Waals surface area contributed by atoms with Crippen molar-refractivity contribution in [3.05, 3.63) is 64.9 Å². The molecule has 1 amide bonds. The summed E-state index contributed by atoms with van der Waals surface area (Å²) in [7, 11) is 0. The number of nitrogens with zero attached hydrogens (tertiary/aromatic N) is 2. The van der Waals surface area contributed by atoms with Gasteiger partial charge in [-0.2, -0.15) is 0 Å². The second-order valence-corrected chi connectivity index (χ2v) is 6.89. The van der Waals surface area contributed by atoms with Gasteiger partial charge in [-0.3, -0.25) is 4.79 Å². The van der Waals surface area contributed by atoms with Gasteiger partial charge in [0, 0.05) is 18.0 Å². The molecule has 0 spiro atoms. The van der Waals surface area contributed by atoms with Gasteiger partial charge in [0.2, 0.25) is 5.91 Å². The van der Waals surface area contributed by atoms with Crippen molar-refractivity contribution in [3.63, 3.8) is 0 Å². The molecule has 0 aliphatic carbocycles. The highest BCUT2D eigenvalue weighted by atomic mass is 35.5. The Morgan fingerprint density at radius 3 is 2.58 bits per heavy atom. The monoisotopic (exact) mass is 369 g/mol. The van der Waals surface area contributed by atoms with Crippen LogP contribution in [-0.4, -0.2) is 15.5 Å². The Bertz CT molecular complexity index is 886. The maximum absolute atomic E-state index is 12.1. The fourth-order valence-corrected chi connectivity index (χ4v) is 3.27. The standard InChI is InChI=1S/C21H24ClN3O/c1-3-7-20(26)23-17(4-2)21-24-18-8-5-6-9-19(18)25(21)14-15-10-12-16(22)13-11-15/h5-6,8-13,17H,3-4,7,14H2,1-2H3,(H,23,26). The summed E-state index contributed by atoms with van der Waals surface area (Å²) in [5.41, 5.74) is 3.16. The molecule has 3 rings (SSSR count). The van der Waals surface area contributed by atoms with Crippen molar-refractivity contribution >= 4 is 28.5 Å². The lowest BCUT2D eigenvalue weighted by Gasteiger charge is -2.19. The minimum absolute atomic E-state index is 0.0736. The van der Waals surface area contributed by atoms with E-state index in [2.05, 4.69) is 22.9 Å². The Morgan fingerprint density at radius 1 is 1.15 bits per heavy atom. The number of imidazole rings is 1. The van der Waals surface area contributed by atoms with Crippen molar-refractivity contribution in [3.8, 4) is 0 Å². The molecule has 5 heteroatoms.